The highest BCUT2D eigenvalue weighted by Gasteiger charge is 2.19. The maximum absolute atomic E-state index is 11.8. The topological polar surface area (TPSA) is 75.6 Å². The first kappa shape index (κ1) is 37.1. The molecule has 2 N–H and O–H groups in total. The normalized spacial score (nSPS) is 11.9. The smallest absolute Gasteiger partial charge is 0.127 e. The van der Waals surface area contributed by atoms with Crippen molar-refractivity contribution in [3.05, 3.63) is 192 Å². The van der Waals surface area contributed by atoms with Crippen LogP contribution < -0.4 is 0 Å². The Bertz CT molecular complexity index is 3530. The van der Waals surface area contributed by atoms with Gasteiger partial charge in [0.2, 0.25) is 0 Å². The molecule has 0 spiro atoms. The van der Waals surface area contributed by atoms with Crippen molar-refractivity contribution in [2.75, 3.05) is 0 Å². The monoisotopic (exact) mass is 802 g/mol. The number of rotatable bonds is 6. The second-order valence-electron chi connectivity index (χ2n) is 16.5. The van der Waals surface area contributed by atoms with E-state index in [9.17, 15) is 10.2 Å². The molecule has 0 atom stereocenters. The van der Waals surface area contributed by atoms with Crippen molar-refractivity contribution < 1.29 is 10.2 Å². The maximum Gasteiger partial charge on any atom is 0.127 e. The maximum atomic E-state index is 11.8. The van der Waals surface area contributed by atoms with E-state index in [2.05, 4.69) is 122 Å². The Kier molecular flexibility index (Phi) is 8.58. The van der Waals surface area contributed by atoms with E-state index in [1.165, 1.54) is 43.8 Å². The van der Waals surface area contributed by atoms with Crippen molar-refractivity contribution in [2.24, 2.45) is 4.99 Å². The predicted molar refractivity (Wildman–Crippen MR) is 257 cm³/mol. The van der Waals surface area contributed by atoms with Gasteiger partial charge >= 0.3 is 0 Å². The standard InChI is InChI=1S/C56H42N4O2/c1-33-13-19-50-43(25-33)44-26-34(2)14-20-51(44)59(50)40-17-18-41(55(62)31-40)48-30-38(37-9-6-5-7-10-37)29-39(58-48)32-57-47-12-8-11-42-49(23-24-54(61)56(42)47)60-52-21-15-35(3)27-45(52)46-28-36(4)16-22-53(46)60/h5-32,61-62H,1-4H3. The lowest BCUT2D eigenvalue weighted by Gasteiger charge is -2.14. The molecule has 0 unspecified atom stereocenters. The minimum Gasteiger partial charge on any atom is -0.507 e. The number of pyridine rings is 1. The van der Waals surface area contributed by atoms with Gasteiger partial charge in [-0.3, -0.25) is 4.99 Å². The van der Waals surface area contributed by atoms with Gasteiger partial charge in [-0.05, 0) is 130 Å². The molecule has 0 bridgehead atoms. The van der Waals surface area contributed by atoms with Crippen LogP contribution >= 0.6 is 0 Å². The number of phenolic OH excluding ortho intramolecular Hbond substituents is 2. The molecule has 6 heteroatoms. The van der Waals surface area contributed by atoms with Crippen LogP contribution in [0.15, 0.2) is 169 Å². The highest BCUT2D eigenvalue weighted by Crippen LogP contribution is 2.42. The molecule has 3 aromatic heterocycles. The van der Waals surface area contributed by atoms with E-state index in [0.717, 1.165) is 50.0 Å². The van der Waals surface area contributed by atoms with Gasteiger partial charge in [-0.1, -0.05) is 89.0 Å². The number of aromatic nitrogens is 3. The van der Waals surface area contributed by atoms with Gasteiger partial charge in [0.25, 0.3) is 0 Å². The molecule has 0 amide bonds. The molecule has 6 nitrogen and oxygen atoms in total. The number of hydrogen-bond donors (Lipinski definition) is 2. The molecular weight excluding hydrogens is 761 g/mol. The van der Waals surface area contributed by atoms with Crippen molar-refractivity contribution >= 4 is 66.3 Å². The molecule has 11 rings (SSSR count). The fourth-order valence-electron chi connectivity index (χ4n) is 9.26. The van der Waals surface area contributed by atoms with Gasteiger partial charge in [-0.25, -0.2) is 4.98 Å². The van der Waals surface area contributed by atoms with Crippen LogP contribution in [0.25, 0.3) is 88.1 Å². The highest BCUT2D eigenvalue weighted by atomic mass is 16.3. The van der Waals surface area contributed by atoms with Crippen LogP contribution in [0.1, 0.15) is 27.9 Å². The SMILES string of the molecule is Cc1ccc2c(c1)c1cc(C)ccc1n2-c1ccc(-c2cc(-c3ccccc3)cc(C=Nc3cccc4c(-n5c6ccc(C)cc6c6cc(C)ccc65)ccc(O)c34)n2)c(O)c1. The summed E-state index contributed by atoms with van der Waals surface area (Å²) in [6, 6.07) is 55.9. The Morgan fingerprint density at radius 2 is 1.05 bits per heavy atom. The molecule has 0 saturated heterocycles. The van der Waals surface area contributed by atoms with E-state index >= 15 is 0 Å². The Hall–Kier alpha value is -7.96. The summed E-state index contributed by atoms with van der Waals surface area (Å²) in [6.45, 7) is 8.48. The number of phenols is 2. The van der Waals surface area contributed by atoms with Crippen LogP contribution in [-0.4, -0.2) is 30.5 Å². The van der Waals surface area contributed by atoms with Crippen LogP contribution in [0.4, 0.5) is 5.69 Å². The highest BCUT2D eigenvalue weighted by molar-refractivity contribution is 6.13. The molecule has 0 radical (unpaired) electrons. The summed E-state index contributed by atoms with van der Waals surface area (Å²) < 4.78 is 4.50. The molecule has 62 heavy (non-hydrogen) atoms. The number of aliphatic imine (C=N–C) groups is 1. The van der Waals surface area contributed by atoms with E-state index in [1.54, 1.807) is 12.3 Å². The minimum atomic E-state index is 0.124. The second kappa shape index (κ2) is 14.4. The lowest BCUT2D eigenvalue weighted by atomic mass is 10.0. The Morgan fingerprint density at radius 1 is 0.468 bits per heavy atom. The lowest BCUT2D eigenvalue weighted by molar-refractivity contribution is 0.477. The van der Waals surface area contributed by atoms with E-state index in [4.69, 9.17) is 9.98 Å². The summed E-state index contributed by atoms with van der Waals surface area (Å²) in [5.41, 5.74) is 15.4. The van der Waals surface area contributed by atoms with Crippen molar-refractivity contribution in [1.29, 1.82) is 0 Å². The molecule has 3 heterocycles. The van der Waals surface area contributed by atoms with Crippen molar-refractivity contribution in [2.45, 2.75) is 27.7 Å². The number of benzene rings is 8. The lowest BCUT2D eigenvalue weighted by Crippen LogP contribution is -1.97. The predicted octanol–water partition coefficient (Wildman–Crippen LogP) is 14.2. The zero-order valence-corrected chi connectivity index (χ0v) is 34.8. The second-order valence-corrected chi connectivity index (χ2v) is 16.5. The molecule has 0 aliphatic heterocycles. The molecule has 0 saturated carbocycles. The number of nitrogens with zero attached hydrogens (tertiary/aromatic N) is 4. The molecule has 298 valence electrons. The van der Waals surface area contributed by atoms with Crippen LogP contribution in [0.5, 0.6) is 11.5 Å². The summed E-state index contributed by atoms with van der Waals surface area (Å²) in [5, 5.41) is 29.6. The molecule has 0 aliphatic rings. The summed E-state index contributed by atoms with van der Waals surface area (Å²) in [4.78, 5) is 10.1. The Balaban J connectivity index is 1.03. The third-order valence-electron chi connectivity index (χ3n) is 12.2. The summed E-state index contributed by atoms with van der Waals surface area (Å²) in [6.07, 6.45) is 1.75. The van der Waals surface area contributed by atoms with E-state index < -0.39 is 0 Å². The van der Waals surface area contributed by atoms with Crippen LogP contribution in [0.3, 0.4) is 0 Å². The van der Waals surface area contributed by atoms with E-state index in [0.29, 0.717) is 28.0 Å². The van der Waals surface area contributed by atoms with Crippen molar-refractivity contribution in [1.82, 2.24) is 14.1 Å². The average molecular weight is 803 g/mol. The van der Waals surface area contributed by atoms with Crippen LogP contribution in [-0.2, 0) is 0 Å². The molecule has 0 fully saturated rings. The van der Waals surface area contributed by atoms with Gasteiger partial charge in [0.05, 0.1) is 56.4 Å². The average Bonchev–Trinajstić information content (AvgIpc) is 3.76. The number of aromatic hydroxyl groups is 2. The fraction of sp³-hybridized carbons (Fsp3) is 0.0714. The van der Waals surface area contributed by atoms with E-state index in [-0.39, 0.29) is 11.5 Å². The van der Waals surface area contributed by atoms with Gasteiger partial charge < -0.3 is 19.3 Å². The first-order chi connectivity index (χ1) is 30.2. The number of aryl methyl sites for hydroxylation is 4. The van der Waals surface area contributed by atoms with Gasteiger partial charge in [-0.15, -0.1) is 0 Å². The van der Waals surface area contributed by atoms with Crippen molar-refractivity contribution in [3.8, 4) is 45.3 Å². The first-order valence-corrected chi connectivity index (χ1v) is 20.9. The summed E-state index contributed by atoms with van der Waals surface area (Å²) in [7, 11) is 0. The van der Waals surface area contributed by atoms with Gasteiger partial charge in [0.15, 0.2) is 0 Å². The number of fused-ring (bicyclic) bond motifs is 7. The summed E-state index contributed by atoms with van der Waals surface area (Å²) in [5.74, 6) is 0.272. The Labute approximate surface area is 358 Å². The fourth-order valence-corrected chi connectivity index (χ4v) is 9.26. The zero-order chi connectivity index (χ0) is 42.2. The summed E-state index contributed by atoms with van der Waals surface area (Å²) >= 11 is 0. The third-order valence-corrected chi connectivity index (χ3v) is 12.2. The number of hydrogen-bond acceptors (Lipinski definition) is 4. The molecule has 8 aromatic carbocycles. The van der Waals surface area contributed by atoms with Gasteiger partial charge in [0.1, 0.15) is 11.5 Å². The van der Waals surface area contributed by atoms with Crippen molar-refractivity contribution in [3.63, 3.8) is 0 Å². The molecule has 11 aromatic rings. The van der Waals surface area contributed by atoms with Gasteiger partial charge in [0, 0.05) is 44.2 Å². The van der Waals surface area contributed by atoms with E-state index in [1.807, 2.05) is 72.8 Å². The van der Waals surface area contributed by atoms with Crippen LogP contribution in [0.2, 0.25) is 0 Å². The quantitative estimate of drug-likeness (QED) is 0.164. The molecule has 0 aliphatic carbocycles. The van der Waals surface area contributed by atoms with Gasteiger partial charge in [-0.2, -0.15) is 0 Å². The van der Waals surface area contributed by atoms with Crippen LogP contribution in [0, 0.1) is 27.7 Å². The largest absolute Gasteiger partial charge is 0.507 e. The first-order valence-electron chi connectivity index (χ1n) is 20.9. The molecular formula is C56H42N4O2. The third kappa shape index (κ3) is 6.10. The minimum absolute atomic E-state index is 0.124. The Morgan fingerprint density at radius 3 is 1.63 bits per heavy atom. The zero-order valence-electron chi connectivity index (χ0n) is 34.8.